The molecule has 256 valence electrons. The molecular weight excluding hydrogens is 614 g/mol. The van der Waals surface area contributed by atoms with Crippen molar-refractivity contribution < 1.29 is 29.0 Å². The lowest BCUT2D eigenvalue weighted by Crippen LogP contribution is -2.53. The molecular formula is C35H45N7O6. The molecule has 2 aromatic heterocycles. The maximum atomic E-state index is 14.3. The van der Waals surface area contributed by atoms with Crippen molar-refractivity contribution in [3.8, 4) is 5.75 Å². The summed E-state index contributed by atoms with van der Waals surface area (Å²) in [5.41, 5.74) is 1.87. The first-order chi connectivity index (χ1) is 22.6. The van der Waals surface area contributed by atoms with E-state index in [4.69, 9.17) is 9.47 Å². The third kappa shape index (κ3) is 8.84. The number of H-pyrrole nitrogens is 1. The highest BCUT2D eigenvalue weighted by Crippen LogP contribution is 2.27. The van der Waals surface area contributed by atoms with Crippen LogP contribution in [-0.2, 0) is 27.1 Å². The van der Waals surface area contributed by atoms with Crippen molar-refractivity contribution in [3.05, 3.63) is 77.7 Å². The average Bonchev–Trinajstić information content (AvgIpc) is 3.66. The van der Waals surface area contributed by atoms with E-state index in [1.165, 1.54) is 0 Å². The number of rotatable bonds is 8. The zero-order valence-electron chi connectivity index (χ0n) is 28.4. The molecule has 0 saturated carbocycles. The average molecular weight is 660 g/mol. The number of nitrogens with one attached hydrogen (secondary N) is 2. The Morgan fingerprint density at radius 1 is 0.896 bits per heavy atom. The fourth-order valence-corrected chi connectivity index (χ4v) is 5.60. The van der Waals surface area contributed by atoms with Crippen LogP contribution in [-0.4, -0.2) is 90.4 Å². The number of aromatic nitrogens is 4. The number of nitrogens with zero attached hydrogens (tertiary/aromatic N) is 5. The number of alkyl carbamates (subject to hydrolysis) is 1. The number of phenols is 1. The van der Waals surface area contributed by atoms with Crippen molar-refractivity contribution in [1.29, 1.82) is 0 Å². The van der Waals surface area contributed by atoms with Gasteiger partial charge in [0, 0.05) is 49.7 Å². The van der Waals surface area contributed by atoms with Crippen LogP contribution in [0.3, 0.4) is 0 Å². The van der Waals surface area contributed by atoms with Crippen molar-refractivity contribution in [1.82, 2.24) is 35.1 Å². The standard InChI is InChI=1S/C35H45N7O6/c1-34(2,3)47-32(45)37-28(19-23-11-13-25(43)14-12-23)29-22-42(39-38-29)30(20-24-21-36-27-10-8-7-9-26(24)27)31(44)40-15-17-41(18-16-40)33(46)48-35(4,5)6/h7-14,21-22,28,30,36,43H,15-20H2,1-6H3,(H,37,45)/t28-,30?/m0/s1. The topological polar surface area (TPSA) is 155 Å². The minimum absolute atomic E-state index is 0.131. The van der Waals surface area contributed by atoms with Crippen molar-refractivity contribution >= 4 is 29.0 Å². The van der Waals surface area contributed by atoms with Gasteiger partial charge in [0.15, 0.2) is 0 Å². The summed E-state index contributed by atoms with van der Waals surface area (Å²) in [6.45, 7) is 12.2. The molecule has 0 radical (unpaired) electrons. The third-order valence-electron chi connectivity index (χ3n) is 7.89. The van der Waals surface area contributed by atoms with E-state index in [1.54, 1.807) is 65.7 Å². The van der Waals surface area contributed by atoms with Gasteiger partial charge in [0.25, 0.3) is 0 Å². The van der Waals surface area contributed by atoms with Crippen molar-refractivity contribution in [2.24, 2.45) is 0 Å². The van der Waals surface area contributed by atoms with Gasteiger partial charge >= 0.3 is 12.2 Å². The van der Waals surface area contributed by atoms with Crippen LogP contribution in [0.1, 0.15) is 70.4 Å². The summed E-state index contributed by atoms with van der Waals surface area (Å²) in [7, 11) is 0. The number of fused-ring (bicyclic) bond motifs is 1. The molecule has 2 aromatic carbocycles. The van der Waals surface area contributed by atoms with Crippen LogP contribution in [0.25, 0.3) is 10.9 Å². The predicted molar refractivity (Wildman–Crippen MR) is 179 cm³/mol. The van der Waals surface area contributed by atoms with Crippen molar-refractivity contribution in [2.75, 3.05) is 26.2 Å². The first-order valence-electron chi connectivity index (χ1n) is 16.2. The lowest BCUT2D eigenvalue weighted by atomic mass is 10.0. The molecule has 0 spiro atoms. The van der Waals surface area contributed by atoms with Gasteiger partial charge in [-0.1, -0.05) is 35.5 Å². The highest BCUT2D eigenvalue weighted by atomic mass is 16.6. The van der Waals surface area contributed by atoms with E-state index < -0.39 is 35.5 Å². The molecule has 3 amide bonds. The van der Waals surface area contributed by atoms with Gasteiger partial charge in [0.1, 0.15) is 28.7 Å². The largest absolute Gasteiger partial charge is 0.508 e. The van der Waals surface area contributed by atoms with Gasteiger partial charge in [-0.05, 0) is 77.3 Å². The number of ether oxygens (including phenoxy) is 2. The van der Waals surface area contributed by atoms with E-state index in [-0.39, 0.29) is 11.7 Å². The quantitative estimate of drug-likeness (QED) is 0.235. The summed E-state index contributed by atoms with van der Waals surface area (Å²) in [4.78, 5) is 46.5. The molecule has 3 N–H and O–H groups in total. The van der Waals surface area contributed by atoms with Gasteiger partial charge < -0.3 is 34.7 Å². The molecule has 0 aliphatic carbocycles. The normalized spacial score (nSPS) is 15.2. The van der Waals surface area contributed by atoms with E-state index in [9.17, 15) is 19.5 Å². The molecule has 1 saturated heterocycles. The summed E-state index contributed by atoms with van der Waals surface area (Å²) >= 11 is 0. The lowest BCUT2D eigenvalue weighted by Gasteiger charge is -2.37. The molecule has 4 aromatic rings. The Kier molecular flexibility index (Phi) is 9.97. The Morgan fingerprint density at radius 2 is 1.54 bits per heavy atom. The summed E-state index contributed by atoms with van der Waals surface area (Å²) in [6, 6.07) is 13.2. The smallest absolute Gasteiger partial charge is 0.410 e. The van der Waals surface area contributed by atoms with E-state index in [0.717, 1.165) is 22.0 Å². The second kappa shape index (κ2) is 14.0. The molecule has 2 atom stereocenters. The number of carbonyl (C=O) groups excluding carboxylic acids is 3. The minimum Gasteiger partial charge on any atom is -0.508 e. The Balaban J connectivity index is 1.42. The van der Waals surface area contributed by atoms with Crippen molar-refractivity contribution in [3.63, 3.8) is 0 Å². The summed E-state index contributed by atoms with van der Waals surface area (Å²) in [5.74, 6) is -0.0253. The molecule has 5 rings (SSSR count). The molecule has 13 heteroatoms. The van der Waals surface area contributed by atoms with E-state index in [1.807, 2.05) is 51.2 Å². The van der Waals surface area contributed by atoms with Crippen LogP contribution < -0.4 is 5.32 Å². The van der Waals surface area contributed by atoms with Crippen molar-refractivity contribution in [2.45, 2.75) is 77.7 Å². The van der Waals surface area contributed by atoms with Crippen LogP contribution in [0.2, 0.25) is 0 Å². The number of aromatic hydroxyl groups is 1. The van der Waals surface area contributed by atoms with Gasteiger partial charge in [0.05, 0.1) is 12.2 Å². The zero-order chi connectivity index (χ0) is 34.6. The fourth-order valence-electron chi connectivity index (χ4n) is 5.60. The van der Waals surface area contributed by atoms with Gasteiger partial charge in [-0.25, -0.2) is 14.3 Å². The Morgan fingerprint density at radius 3 is 2.21 bits per heavy atom. The fraction of sp³-hybridized carbons (Fsp3) is 0.457. The maximum Gasteiger partial charge on any atom is 0.410 e. The number of carbonyl (C=O) groups is 3. The van der Waals surface area contributed by atoms with Gasteiger partial charge in [-0.3, -0.25) is 4.79 Å². The molecule has 3 heterocycles. The summed E-state index contributed by atoms with van der Waals surface area (Å²) < 4.78 is 12.6. The number of aromatic amines is 1. The summed E-state index contributed by atoms with van der Waals surface area (Å²) in [5, 5.41) is 22.6. The van der Waals surface area contributed by atoms with Crippen LogP contribution in [0.15, 0.2) is 60.9 Å². The maximum absolute atomic E-state index is 14.3. The number of piperazine rings is 1. The zero-order valence-corrected chi connectivity index (χ0v) is 28.4. The first kappa shape index (κ1) is 34.3. The second-order valence-corrected chi connectivity index (χ2v) is 14.1. The Hall–Kier alpha value is -5.07. The van der Waals surface area contributed by atoms with Crippen LogP contribution in [0.5, 0.6) is 5.75 Å². The number of phenolic OH excluding ortho intramolecular Hbond substituents is 1. The van der Waals surface area contributed by atoms with Gasteiger partial charge in [-0.15, -0.1) is 5.10 Å². The molecule has 13 nitrogen and oxygen atoms in total. The predicted octanol–water partition coefficient (Wildman–Crippen LogP) is 5.14. The van der Waals surface area contributed by atoms with Gasteiger partial charge in [0.2, 0.25) is 5.91 Å². The van der Waals surface area contributed by atoms with Crippen LogP contribution in [0.4, 0.5) is 9.59 Å². The third-order valence-corrected chi connectivity index (χ3v) is 7.89. The molecule has 1 unspecified atom stereocenters. The molecule has 1 aliphatic heterocycles. The highest BCUT2D eigenvalue weighted by Gasteiger charge is 2.34. The lowest BCUT2D eigenvalue weighted by molar-refractivity contribution is -0.136. The van der Waals surface area contributed by atoms with Crippen LogP contribution in [0, 0.1) is 0 Å². The summed E-state index contributed by atoms with van der Waals surface area (Å²) in [6.07, 6.45) is 3.25. The minimum atomic E-state index is -0.755. The molecule has 1 aliphatic rings. The van der Waals surface area contributed by atoms with Gasteiger partial charge in [-0.2, -0.15) is 0 Å². The molecule has 1 fully saturated rings. The number of hydrogen-bond donors (Lipinski definition) is 3. The van der Waals surface area contributed by atoms with Crippen LogP contribution >= 0.6 is 0 Å². The monoisotopic (exact) mass is 659 g/mol. The molecule has 48 heavy (non-hydrogen) atoms. The van der Waals surface area contributed by atoms with E-state index in [0.29, 0.717) is 44.7 Å². The number of hydrogen-bond acceptors (Lipinski definition) is 8. The number of benzene rings is 2. The number of amides is 3. The van der Waals surface area contributed by atoms with E-state index in [2.05, 4.69) is 20.6 Å². The Labute approximate surface area is 280 Å². The first-order valence-corrected chi connectivity index (χ1v) is 16.2. The van der Waals surface area contributed by atoms with E-state index >= 15 is 0 Å². The number of para-hydroxylation sites is 1. The SMILES string of the molecule is CC(C)(C)OC(=O)N[C@@H](Cc1ccc(O)cc1)c1cn(C(Cc2c[nH]c3ccccc23)C(=O)N2CCN(C(=O)OC(C)(C)C)CC2)nn1. The molecule has 0 bridgehead atoms. The Bertz CT molecular complexity index is 1730. The second-order valence-electron chi connectivity index (χ2n) is 14.1. The highest BCUT2D eigenvalue weighted by molar-refractivity contribution is 5.85.